The fourth-order valence-corrected chi connectivity index (χ4v) is 3.02. The summed E-state index contributed by atoms with van der Waals surface area (Å²) in [5.41, 5.74) is 1.67. The van der Waals surface area contributed by atoms with Crippen molar-refractivity contribution in [2.24, 2.45) is 0 Å². The molecule has 0 bridgehead atoms. The zero-order valence-electron chi connectivity index (χ0n) is 11.5. The van der Waals surface area contributed by atoms with Crippen LogP contribution in [0, 0.1) is 0 Å². The van der Waals surface area contributed by atoms with Crippen molar-refractivity contribution in [3.8, 4) is 5.75 Å². The van der Waals surface area contributed by atoms with Gasteiger partial charge in [-0.3, -0.25) is 4.79 Å². The smallest absolute Gasteiger partial charge is 0.254 e. The molecule has 0 radical (unpaired) electrons. The van der Waals surface area contributed by atoms with Crippen LogP contribution in [0.3, 0.4) is 0 Å². The number of phenolic OH excluding ortho intramolecular Hbond substituents is 1. The second kappa shape index (κ2) is 5.78. The molecule has 1 unspecified atom stereocenters. The Kier molecular flexibility index (Phi) is 3.84. The van der Waals surface area contributed by atoms with Crippen molar-refractivity contribution >= 4 is 17.5 Å². The average Bonchev–Trinajstić information content (AvgIpc) is 2.99. The number of carbonyl (C=O) groups excluding carboxylic acids is 1. The Morgan fingerprint density at radius 2 is 1.95 bits per heavy atom. The summed E-state index contributed by atoms with van der Waals surface area (Å²) >= 11 is 5.90. The summed E-state index contributed by atoms with van der Waals surface area (Å²) < 4.78 is 0. The van der Waals surface area contributed by atoms with E-state index >= 15 is 0 Å². The predicted octanol–water partition coefficient (Wildman–Crippen LogP) is 4.02. The molecule has 108 valence electrons. The van der Waals surface area contributed by atoms with E-state index < -0.39 is 0 Å². The lowest BCUT2D eigenvalue weighted by Crippen LogP contribution is -2.30. The fourth-order valence-electron chi connectivity index (χ4n) is 2.84. The molecule has 3 rings (SSSR count). The Morgan fingerprint density at radius 1 is 1.19 bits per heavy atom. The second-order valence-electron chi connectivity index (χ2n) is 5.23. The lowest BCUT2D eigenvalue weighted by Gasteiger charge is -2.25. The van der Waals surface area contributed by atoms with Crippen molar-refractivity contribution in [1.82, 2.24) is 4.90 Å². The van der Waals surface area contributed by atoms with Gasteiger partial charge in [0, 0.05) is 12.1 Å². The number of rotatable bonds is 2. The highest BCUT2D eigenvalue weighted by Crippen LogP contribution is 2.34. The van der Waals surface area contributed by atoms with Crippen LogP contribution < -0.4 is 0 Å². The molecule has 2 aromatic rings. The van der Waals surface area contributed by atoms with E-state index in [1.165, 1.54) is 12.1 Å². The first-order valence-electron chi connectivity index (χ1n) is 7.01. The highest BCUT2D eigenvalue weighted by atomic mass is 35.5. The number of halogens is 1. The van der Waals surface area contributed by atoms with Gasteiger partial charge in [-0.15, -0.1) is 0 Å². The van der Waals surface area contributed by atoms with Crippen LogP contribution in [-0.2, 0) is 0 Å². The van der Waals surface area contributed by atoms with Gasteiger partial charge in [-0.1, -0.05) is 41.9 Å². The van der Waals surface area contributed by atoms with E-state index in [9.17, 15) is 9.90 Å². The second-order valence-corrected chi connectivity index (χ2v) is 5.64. The number of aromatic hydroxyl groups is 1. The molecule has 0 spiro atoms. The monoisotopic (exact) mass is 301 g/mol. The SMILES string of the molecule is O=C(c1ccc(O)c(Cl)c1)N1CCCC1c1ccccc1. The van der Waals surface area contributed by atoms with Gasteiger partial charge in [-0.05, 0) is 36.6 Å². The van der Waals surface area contributed by atoms with E-state index in [0.717, 1.165) is 24.9 Å². The number of amides is 1. The van der Waals surface area contributed by atoms with Crippen LogP contribution >= 0.6 is 11.6 Å². The Labute approximate surface area is 128 Å². The molecule has 1 atom stereocenters. The topological polar surface area (TPSA) is 40.5 Å². The van der Waals surface area contributed by atoms with Gasteiger partial charge in [-0.2, -0.15) is 0 Å². The van der Waals surface area contributed by atoms with Crippen LogP contribution in [0.4, 0.5) is 0 Å². The third-order valence-corrected chi connectivity index (χ3v) is 4.20. The van der Waals surface area contributed by atoms with Gasteiger partial charge in [0.25, 0.3) is 5.91 Å². The van der Waals surface area contributed by atoms with Crippen LogP contribution in [-0.4, -0.2) is 22.5 Å². The van der Waals surface area contributed by atoms with Crippen LogP contribution in [0.15, 0.2) is 48.5 Å². The summed E-state index contributed by atoms with van der Waals surface area (Å²) in [6.07, 6.45) is 1.97. The molecule has 1 fully saturated rings. The largest absolute Gasteiger partial charge is 0.506 e. The summed E-state index contributed by atoms with van der Waals surface area (Å²) in [6.45, 7) is 0.747. The Balaban J connectivity index is 1.88. The molecule has 0 aliphatic carbocycles. The fraction of sp³-hybridized carbons (Fsp3) is 0.235. The Bertz CT molecular complexity index is 657. The minimum absolute atomic E-state index is 0.00533. The third kappa shape index (κ3) is 2.74. The van der Waals surface area contributed by atoms with Crippen molar-refractivity contribution in [2.45, 2.75) is 18.9 Å². The van der Waals surface area contributed by atoms with E-state index in [1.807, 2.05) is 23.1 Å². The Hall–Kier alpha value is -2.00. The summed E-state index contributed by atoms with van der Waals surface area (Å²) in [7, 11) is 0. The first kappa shape index (κ1) is 14.0. The van der Waals surface area contributed by atoms with E-state index in [1.54, 1.807) is 6.07 Å². The first-order valence-corrected chi connectivity index (χ1v) is 7.39. The molecule has 1 amide bonds. The summed E-state index contributed by atoms with van der Waals surface area (Å²) in [5.74, 6) is -0.0440. The quantitative estimate of drug-likeness (QED) is 0.910. The number of carbonyl (C=O) groups is 1. The molecule has 1 heterocycles. The van der Waals surface area contributed by atoms with Gasteiger partial charge in [0.2, 0.25) is 0 Å². The number of phenols is 1. The highest BCUT2D eigenvalue weighted by molar-refractivity contribution is 6.32. The third-order valence-electron chi connectivity index (χ3n) is 3.89. The first-order chi connectivity index (χ1) is 10.2. The van der Waals surface area contributed by atoms with Crippen molar-refractivity contribution in [3.63, 3.8) is 0 Å². The number of hydrogen-bond acceptors (Lipinski definition) is 2. The molecular weight excluding hydrogens is 286 g/mol. The van der Waals surface area contributed by atoms with Gasteiger partial charge in [0.05, 0.1) is 11.1 Å². The van der Waals surface area contributed by atoms with Crippen LogP contribution in [0.2, 0.25) is 5.02 Å². The highest BCUT2D eigenvalue weighted by Gasteiger charge is 2.30. The predicted molar refractivity (Wildman–Crippen MR) is 82.6 cm³/mol. The molecule has 3 nitrogen and oxygen atoms in total. The van der Waals surface area contributed by atoms with Crippen molar-refractivity contribution in [2.75, 3.05) is 6.54 Å². The van der Waals surface area contributed by atoms with Gasteiger partial charge in [0.15, 0.2) is 0 Å². The van der Waals surface area contributed by atoms with Crippen LogP contribution in [0.5, 0.6) is 5.75 Å². The molecule has 1 N–H and O–H groups in total. The lowest BCUT2D eigenvalue weighted by atomic mass is 10.0. The molecule has 1 saturated heterocycles. The molecule has 2 aromatic carbocycles. The molecule has 0 saturated carbocycles. The normalized spacial score (nSPS) is 18.0. The number of likely N-dealkylation sites (tertiary alicyclic amines) is 1. The van der Waals surface area contributed by atoms with Gasteiger partial charge >= 0.3 is 0 Å². The van der Waals surface area contributed by atoms with Crippen molar-refractivity contribution < 1.29 is 9.90 Å². The number of hydrogen-bond donors (Lipinski definition) is 1. The molecule has 1 aliphatic rings. The maximum atomic E-state index is 12.7. The van der Waals surface area contributed by atoms with E-state index in [2.05, 4.69) is 12.1 Å². The summed E-state index contributed by atoms with van der Waals surface area (Å²) in [5, 5.41) is 9.67. The van der Waals surface area contributed by atoms with Gasteiger partial charge in [-0.25, -0.2) is 0 Å². The van der Waals surface area contributed by atoms with E-state index in [-0.39, 0.29) is 22.7 Å². The van der Waals surface area contributed by atoms with Crippen LogP contribution in [0.25, 0.3) is 0 Å². The number of nitrogens with zero attached hydrogens (tertiary/aromatic N) is 1. The summed E-state index contributed by atoms with van der Waals surface area (Å²) in [4.78, 5) is 14.6. The maximum Gasteiger partial charge on any atom is 0.254 e. The minimum Gasteiger partial charge on any atom is -0.506 e. The molecule has 4 heteroatoms. The maximum absolute atomic E-state index is 12.7. The van der Waals surface area contributed by atoms with E-state index in [0.29, 0.717) is 5.56 Å². The molecular formula is C17H16ClNO2. The lowest BCUT2D eigenvalue weighted by molar-refractivity contribution is 0.0735. The minimum atomic E-state index is -0.0387. The zero-order chi connectivity index (χ0) is 14.8. The summed E-state index contributed by atoms with van der Waals surface area (Å²) in [6, 6.07) is 14.8. The average molecular weight is 302 g/mol. The van der Waals surface area contributed by atoms with Crippen LogP contribution in [0.1, 0.15) is 34.8 Å². The number of benzene rings is 2. The van der Waals surface area contributed by atoms with Crippen molar-refractivity contribution in [1.29, 1.82) is 0 Å². The molecule has 21 heavy (non-hydrogen) atoms. The van der Waals surface area contributed by atoms with Gasteiger partial charge < -0.3 is 10.0 Å². The standard InChI is InChI=1S/C17H16ClNO2/c18-14-11-13(8-9-16(14)20)17(21)19-10-4-7-15(19)12-5-2-1-3-6-12/h1-3,5-6,8-9,11,15,20H,4,7,10H2. The molecule has 1 aliphatic heterocycles. The molecule has 0 aromatic heterocycles. The van der Waals surface area contributed by atoms with Crippen molar-refractivity contribution in [3.05, 3.63) is 64.7 Å². The Morgan fingerprint density at radius 3 is 2.67 bits per heavy atom. The van der Waals surface area contributed by atoms with Gasteiger partial charge in [0.1, 0.15) is 5.75 Å². The zero-order valence-corrected chi connectivity index (χ0v) is 12.3. The van der Waals surface area contributed by atoms with E-state index in [4.69, 9.17) is 11.6 Å².